The van der Waals surface area contributed by atoms with Crippen molar-refractivity contribution in [3.63, 3.8) is 0 Å². The van der Waals surface area contributed by atoms with Crippen molar-refractivity contribution >= 4 is 11.9 Å². The maximum atomic E-state index is 12.5. The van der Waals surface area contributed by atoms with Crippen molar-refractivity contribution in [1.82, 2.24) is 4.90 Å². The van der Waals surface area contributed by atoms with E-state index in [4.69, 9.17) is 10.5 Å². The molecule has 0 aromatic rings. The fourth-order valence-corrected chi connectivity index (χ4v) is 3.82. The topological polar surface area (TPSA) is 92.9 Å². The lowest BCUT2D eigenvalue weighted by Gasteiger charge is -2.26. The summed E-state index contributed by atoms with van der Waals surface area (Å²) in [5.41, 5.74) is 5.55. The summed E-state index contributed by atoms with van der Waals surface area (Å²) >= 11 is 0. The summed E-state index contributed by atoms with van der Waals surface area (Å²) in [6, 6.07) is -0.0327. The second-order valence-electron chi connectivity index (χ2n) is 5.78. The number of nitrogens with zero attached hydrogens (tertiary/aromatic N) is 1. The zero-order valence-corrected chi connectivity index (χ0v) is 10.8. The van der Waals surface area contributed by atoms with E-state index in [1.54, 1.807) is 4.90 Å². The van der Waals surface area contributed by atoms with Crippen LogP contribution in [0.3, 0.4) is 0 Å². The maximum absolute atomic E-state index is 12.5. The number of aliphatic carboxylic acids is 1. The zero-order chi connectivity index (χ0) is 13.6. The Kier molecular flexibility index (Phi) is 3.22. The van der Waals surface area contributed by atoms with Crippen LogP contribution < -0.4 is 5.73 Å². The van der Waals surface area contributed by atoms with E-state index in [1.807, 2.05) is 0 Å². The van der Waals surface area contributed by atoms with E-state index in [0.29, 0.717) is 19.4 Å². The van der Waals surface area contributed by atoms with Crippen LogP contribution in [0.15, 0.2) is 0 Å². The highest BCUT2D eigenvalue weighted by Crippen LogP contribution is 2.42. The fraction of sp³-hybridized carbons (Fsp3) is 0.846. The number of rotatable bonds is 3. The van der Waals surface area contributed by atoms with Gasteiger partial charge in [-0.2, -0.15) is 0 Å². The maximum Gasteiger partial charge on any atom is 0.308 e. The number of nitrogens with two attached hydrogens (primary N) is 1. The zero-order valence-electron chi connectivity index (χ0n) is 10.8. The van der Waals surface area contributed by atoms with E-state index in [2.05, 4.69) is 0 Å². The lowest BCUT2D eigenvalue weighted by molar-refractivity contribution is -0.146. The van der Waals surface area contributed by atoms with Crippen molar-refractivity contribution in [1.29, 1.82) is 0 Å². The molecule has 3 saturated heterocycles. The molecule has 3 aliphatic heterocycles. The summed E-state index contributed by atoms with van der Waals surface area (Å²) in [5, 5.41) is 9.19. The molecular formula is C13H20N2O4. The summed E-state index contributed by atoms with van der Waals surface area (Å²) in [5.74, 6) is -1.20. The van der Waals surface area contributed by atoms with E-state index in [0.717, 1.165) is 19.3 Å². The average molecular weight is 268 g/mol. The van der Waals surface area contributed by atoms with Gasteiger partial charge in [-0.05, 0) is 32.1 Å². The summed E-state index contributed by atoms with van der Waals surface area (Å²) in [6.07, 6.45) is 3.41. The number of carboxylic acid groups (broad SMARTS) is 1. The van der Waals surface area contributed by atoms with Gasteiger partial charge in [0.2, 0.25) is 0 Å². The molecule has 0 saturated carbocycles. The lowest BCUT2D eigenvalue weighted by Crippen LogP contribution is -2.44. The molecule has 5 atom stereocenters. The Hall–Kier alpha value is -1.14. The van der Waals surface area contributed by atoms with Gasteiger partial charge < -0.3 is 20.5 Å². The molecule has 5 unspecified atom stereocenters. The second-order valence-corrected chi connectivity index (χ2v) is 5.78. The van der Waals surface area contributed by atoms with Gasteiger partial charge in [0, 0.05) is 18.6 Å². The Bertz CT molecular complexity index is 400. The van der Waals surface area contributed by atoms with E-state index in [1.165, 1.54) is 0 Å². The number of fused-ring (bicyclic) bond motifs is 2. The minimum absolute atomic E-state index is 0.0211. The average Bonchev–Trinajstić information content (AvgIpc) is 3.11. The quantitative estimate of drug-likeness (QED) is 0.749. The molecule has 1 amide bonds. The first-order valence-corrected chi connectivity index (χ1v) is 7.02. The fourth-order valence-electron chi connectivity index (χ4n) is 3.82. The molecular weight excluding hydrogens is 248 g/mol. The SMILES string of the molecule is NCC1CCC(C(=O)N2C3CCC2C(C(=O)O)C3)O1. The summed E-state index contributed by atoms with van der Waals surface area (Å²) < 4.78 is 5.64. The van der Waals surface area contributed by atoms with Gasteiger partial charge in [-0.1, -0.05) is 0 Å². The second kappa shape index (κ2) is 4.76. The minimum Gasteiger partial charge on any atom is -0.481 e. The van der Waals surface area contributed by atoms with Gasteiger partial charge >= 0.3 is 5.97 Å². The van der Waals surface area contributed by atoms with Crippen LogP contribution in [0.5, 0.6) is 0 Å². The van der Waals surface area contributed by atoms with Crippen molar-refractivity contribution in [2.45, 2.75) is 56.4 Å². The van der Waals surface area contributed by atoms with E-state index < -0.39 is 18.0 Å². The van der Waals surface area contributed by atoms with Crippen molar-refractivity contribution < 1.29 is 19.4 Å². The van der Waals surface area contributed by atoms with Crippen LogP contribution in [0.1, 0.15) is 32.1 Å². The first kappa shape index (κ1) is 12.9. The van der Waals surface area contributed by atoms with Gasteiger partial charge in [0.15, 0.2) is 0 Å². The molecule has 19 heavy (non-hydrogen) atoms. The molecule has 3 heterocycles. The Morgan fingerprint density at radius 1 is 1.26 bits per heavy atom. The molecule has 3 rings (SSSR count). The Morgan fingerprint density at radius 2 is 2.05 bits per heavy atom. The molecule has 0 aliphatic carbocycles. The molecule has 0 radical (unpaired) electrons. The van der Waals surface area contributed by atoms with Crippen LogP contribution >= 0.6 is 0 Å². The molecule has 0 spiro atoms. The number of carbonyl (C=O) groups is 2. The predicted molar refractivity (Wildman–Crippen MR) is 66.3 cm³/mol. The van der Waals surface area contributed by atoms with Crippen molar-refractivity contribution in [3.8, 4) is 0 Å². The Labute approximate surface area is 111 Å². The van der Waals surface area contributed by atoms with E-state index >= 15 is 0 Å². The van der Waals surface area contributed by atoms with Gasteiger partial charge in [0.1, 0.15) is 6.10 Å². The number of amides is 1. The van der Waals surface area contributed by atoms with Crippen LogP contribution in [-0.4, -0.2) is 52.7 Å². The Balaban J connectivity index is 1.70. The summed E-state index contributed by atoms with van der Waals surface area (Å²) in [7, 11) is 0. The summed E-state index contributed by atoms with van der Waals surface area (Å²) in [6.45, 7) is 0.439. The molecule has 0 aromatic carbocycles. The highest BCUT2D eigenvalue weighted by atomic mass is 16.5. The van der Waals surface area contributed by atoms with Gasteiger partial charge in [0.25, 0.3) is 5.91 Å². The monoisotopic (exact) mass is 268 g/mol. The first-order chi connectivity index (χ1) is 9.11. The molecule has 2 bridgehead atoms. The molecule has 6 heteroatoms. The molecule has 0 aromatic heterocycles. The minimum atomic E-state index is -0.780. The number of hydrogen-bond donors (Lipinski definition) is 2. The van der Waals surface area contributed by atoms with Crippen molar-refractivity contribution in [2.24, 2.45) is 11.7 Å². The largest absolute Gasteiger partial charge is 0.481 e. The molecule has 3 fully saturated rings. The van der Waals surface area contributed by atoms with Crippen LogP contribution in [0, 0.1) is 5.92 Å². The van der Waals surface area contributed by atoms with Gasteiger partial charge in [-0.15, -0.1) is 0 Å². The highest BCUT2D eigenvalue weighted by molar-refractivity contribution is 5.84. The van der Waals surface area contributed by atoms with E-state index in [9.17, 15) is 14.7 Å². The van der Waals surface area contributed by atoms with Crippen LogP contribution in [-0.2, 0) is 14.3 Å². The summed E-state index contributed by atoms with van der Waals surface area (Å²) in [4.78, 5) is 25.5. The van der Waals surface area contributed by atoms with Gasteiger partial charge in [-0.3, -0.25) is 9.59 Å². The molecule has 3 aliphatic rings. The van der Waals surface area contributed by atoms with Gasteiger partial charge in [-0.25, -0.2) is 0 Å². The smallest absolute Gasteiger partial charge is 0.308 e. The van der Waals surface area contributed by atoms with E-state index in [-0.39, 0.29) is 24.1 Å². The lowest BCUT2D eigenvalue weighted by atomic mass is 9.89. The van der Waals surface area contributed by atoms with Crippen molar-refractivity contribution in [2.75, 3.05) is 6.54 Å². The molecule has 106 valence electrons. The number of carboxylic acids is 1. The number of carbonyl (C=O) groups excluding carboxylic acids is 1. The first-order valence-electron chi connectivity index (χ1n) is 7.02. The third-order valence-electron chi connectivity index (χ3n) is 4.75. The predicted octanol–water partition coefficient (Wildman–Crippen LogP) is -0.0432. The standard InChI is InChI=1S/C13H20N2O4/c14-6-8-2-4-11(19-8)12(16)15-7-1-3-10(15)9(5-7)13(17)18/h7-11H,1-6,14H2,(H,17,18). The molecule has 6 nitrogen and oxygen atoms in total. The third kappa shape index (κ3) is 2.03. The van der Waals surface area contributed by atoms with Crippen LogP contribution in [0.2, 0.25) is 0 Å². The van der Waals surface area contributed by atoms with Crippen LogP contribution in [0.4, 0.5) is 0 Å². The molecule has 3 N–H and O–H groups in total. The van der Waals surface area contributed by atoms with Gasteiger partial charge in [0.05, 0.1) is 12.0 Å². The third-order valence-corrected chi connectivity index (χ3v) is 4.75. The Morgan fingerprint density at radius 3 is 2.63 bits per heavy atom. The normalized spacial score (nSPS) is 40.9. The highest BCUT2D eigenvalue weighted by Gasteiger charge is 2.52. The van der Waals surface area contributed by atoms with Crippen LogP contribution in [0.25, 0.3) is 0 Å². The van der Waals surface area contributed by atoms with Crippen molar-refractivity contribution in [3.05, 3.63) is 0 Å². The number of hydrogen-bond acceptors (Lipinski definition) is 4. The number of ether oxygens (including phenoxy) is 1.